The number of unbranched alkanes of at least 4 members (excludes halogenated alkanes) is 2. The van der Waals surface area contributed by atoms with Gasteiger partial charge in [0.15, 0.2) is 0 Å². The number of carboxylic acid groups (broad SMARTS) is 1. The number of methoxy groups -OCH3 is 1. The standard InChI is InChI=1S/C22H27FO4/c1-26-16-19(22(24)25)6-4-2-3-5-17-9-13-21(14-10-17)27-15-18-7-11-20(23)12-8-18/h7-14,19H,2-6,15-16H2,1H3,(H,24,25). The zero-order valence-corrected chi connectivity index (χ0v) is 15.7. The van der Waals surface area contributed by atoms with Gasteiger partial charge in [-0.2, -0.15) is 0 Å². The van der Waals surface area contributed by atoms with E-state index in [0.29, 0.717) is 13.0 Å². The summed E-state index contributed by atoms with van der Waals surface area (Å²) in [6.07, 6.45) is 4.52. The second-order valence-corrected chi connectivity index (χ2v) is 6.65. The Bertz CT molecular complexity index is 682. The topological polar surface area (TPSA) is 55.8 Å². The fraction of sp³-hybridized carbons (Fsp3) is 0.409. The van der Waals surface area contributed by atoms with Crippen molar-refractivity contribution >= 4 is 5.97 Å². The van der Waals surface area contributed by atoms with Gasteiger partial charge in [-0.05, 0) is 54.7 Å². The number of rotatable bonds is 12. The van der Waals surface area contributed by atoms with Crippen molar-refractivity contribution in [2.75, 3.05) is 13.7 Å². The normalized spacial score (nSPS) is 11.9. The summed E-state index contributed by atoms with van der Waals surface area (Å²) >= 11 is 0. The molecule has 5 heteroatoms. The van der Waals surface area contributed by atoms with E-state index in [1.165, 1.54) is 24.8 Å². The molecule has 4 nitrogen and oxygen atoms in total. The summed E-state index contributed by atoms with van der Waals surface area (Å²) in [7, 11) is 1.53. The zero-order valence-electron chi connectivity index (χ0n) is 15.7. The summed E-state index contributed by atoms with van der Waals surface area (Å²) in [5.74, 6) is -0.659. The maximum Gasteiger partial charge on any atom is 0.308 e. The number of aryl methyl sites for hydroxylation is 1. The predicted molar refractivity (Wildman–Crippen MR) is 102 cm³/mol. The van der Waals surface area contributed by atoms with Crippen LogP contribution in [0.3, 0.4) is 0 Å². The molecule has 0 fully saturated rings. The van der Waals surface area contributed by atoms with Gasteiger partial charge in [0.25, 0.3) is 0 Å². The third-order valence-corrected chi connectivity index (χ3v) is 4.48. The quantitative estimate of drug-likeness (QED) is 0.539. The molecule has 1 atom stereocenters. The molecule has 0 saturated heterocycles. The molecular formula is C22H27FO4. The van der Waals surface area contributed by atoms with Gasteiger partial charge in [-0.1, -0.05) is 37.1 Å². The highest BCUT2D eigenvalue weighted by molar-refractivity contribution is 5.70. The molecule has 27 heavy (non-hydrogen) atoms. The summed E-state index contributed by atoms with van der Waals surface area (Å²) in [4.78, 5) is 11.1. The van der Waals surface area contributed by atoms with Crippen LogP contribution in [-0.2, 0) is 22.6 Å². The molecule has 0 aliphatic carbocycles. The molecule has 2 aromatic rings. The van der Waals surface area contributed by atoms with Crippen molar-refractivity contribution in [3.05, 3.63) is 65.5 Å². The van der Waals surface area contributed by atoms with E-state index in [1.54, 1.807) is 12.1 Å². The van der Waals surface area contributed by atoms with E-state index >= 15 is 0 Å². The Morgan fingerprint density at radius 2 is 1.67 bits per heavy atom. The molecule has 1 unspecified atom stereocenters. The number of carboxylic acids is 1. The van der Waals surface area contributed by atoms with E-state index in [4.69, 9.17) is 14.6 Å². The zero-order chi connectivity index (χ0) is 19.5. The summed E-state index contributed by atoms with van der Waals surface area (Å²) in [5, 5.41) is 9.08. The molecule has 0 radical (unpaired) electrons. The third-order valence-electron chi connectivity index (χ3n) is 4.48. The van der Waals surface area contributed by atoms with Gasteiger partial charge in [-0.25, -0.2) is 4.39 Å². The van der Waals surface area contributed by atoms with Gasteiger partial charge >= 0.3 is 5.97 Å². The van der Waals surface area contributed by atoms with Crippen molar-refractivity contribution in [3.63, 3.8) is 0 Å². The number of hydrogen-bond donors (Lipinski definition) is 1. The van der Waals surface area contributed by atoms with E-state index in [9.17, 15) is 9.18 Å². The summed E-state index contributed by atoms with van der Waals surface area (Å²) in [6, 6.07) is 14.3. The first kappa shape index (κ1) is 20.9. The lowest BCUT2D eigenvalue weighted by atomic mass is 10.0. The van der Waals surface area contributed by atoms with Gasteiger partial charge in [0.1, 0.15) is 18.2 Å². The number of halogens is 1. The number of benzene rings is 2. The molecular weight excluding hydrogens is 347 g/mol. The molecule has 0 spiro atoms. The first-order chi connectivity index (χ1) is 13.1. The molecule has 1 N–H and O–H groups in total. The summed E-state index contributed by atoms with van der Waals surface area (Å²) in [6.45, 7) is 0.681. The highest BCUT2D eigenvalue weighted by atomic mass is 19.1. The van der Waals surface area contributed by atoms with Crippen LogP contribution >= 0.6 is 0 Å². The minimum absolute atomic E-state index is 0.250. The summed E-state index contributed by atoms with van der Waals surface area (Å²) in [5.41, 5.74) is 2.16. The largest absolute Gasteiger partial charge is 0.489 e. The highest BCUT2D eigenvalue weighted by Crippen LogP contribution is 2.17. The Morgan fingerprint density at radius 3 is 2.30 bits per heavy atom. The monoisotopic (exact) mass is 374 g/mol. The first-order valence-electron chi connectivity index (χ1n) is 9.26. The highest BCUT2D eigenvalue weighted by Gasteiger charge is 2.16. The van der Waals surface area contributed by atoms with E-state index in [2.05, 4.69) is 0 Å². The van der Waals surface area contributed by atoms with Crippen LogP contribution in [-0.4, -0.2) is 24.8 Å². The van der Waals surface area contributed by atoms with Crippen molar-refractivity contribution < 1.29 is 23.8 Å². The number of carbonyl (C=O) groups is 1. The predicted octanol–water partition coefficient (Wildman–Crippen LogP) is 4.85. The van der Waals surface area contributed by atoms with Crippen molar-refractivity contribution in [2.45, 2.75) is 38.7 Å². The fourth-order valence-electron chi connectivity index (χ4n) is 2.88. The molecule has 0 aliphatic heterocycles. The average Bonchev–Trinajstić information content (AvgIpc) is 2.67. The minimum atomic E-state index is -0.784. The summed E-state index contributed by atoms with van der Waals surface area (Å²) < 4.78 is 23.5. The lowest BCUT2D eigenvalue weighted by Gasteiger charge is -2.11. The number of ether oxygens (including phenoxy) is 2. The Hall–Kier alpha value is -2.40. The van der Waals surface area contributed by atoms with E-state index in [0.717, 1.165) is 37.0 Å². The van der Waals surface area contributed by atoms with Crippen LogP contribution < -0.4 is 4.74 Å². The molecule has 0 heterocycles. The Morgan fingerprint density at radius 1 is 1.00 bits per heavy atom. The molecule has 0 amide bonds. The molecule has 146 valence electrons. The van der Waals surface area contributed by atoms with E-state index in [-0.39, 0.29) is 12.4 Å². The first-order valence-corrected chi connectivity index (χ1v) is 9.26. The smallest absolute Gasteiger partial charge is 0.308 e. The lowest BCUT2D eigenvalue weighted by molar-refractivity contribution is -0.143. The van der Waals surface area contributed by atoms with Crippen molar-refractivity contribution in [1.82, 2.24) is 0 Å². The number of hydrogen-bond acceptors (Lipinski definition) is 3. The van der Waals surface area contributed by atoms with Crippen LogP contribution in [0.15, 0.2) is 48.5 Å². The van der Waals surface area contributed by atoms with Gasteiger partial charge < -0.3 is 14.6 Å². The average molecular weight is 374 g/mol. The Labute approximate surface area is 159 Å². The van der Waals surface area contributed by atoms with Crippen molar-refractivity contribution in [3.8, 4) is 5.75 Å². The second kappa shape index (κ2) is 11.3. The third kappa shape index (κ3) is 7.79. The van der Waals surface area contributed by atoms with Gasteiger partial charge in [-0.15, -0.1) is 0 Å². The van der Waals surface area contributed by atoms with Gasteiger partial charge in [0.2, 0.25) is 0 Å². The van der Waals surface area contributed by atoms with Crippen molar-refractivity contribution in [1.29, 1.82) is 0 Å². The molecule has 0 aliphatic rings. The maximum atomic E-state index is 12.9. The Balaban J connectivity index is 1.66. The van der Waals surface area contributed by atoms with Crippen LogP contribution in [0, 0.1) is 11.7 Å². The van der Waals surface area contributed by atoms with Crippen LogP contribution in [0.25, 0.3) is 0 Å². The Kier molecular flexibility index (Phi) is 8.78. The maximum absolute atomic E-state index is 12.9. The van der Waals surface area contributed by atoms with Crippen LogP contribution in [0.4, 0.5) is 4.39 Å². The van der Waals surface area contributed by atoms with E-state index in [1.807, 2.05) is 24.3 Å². The number of aliphatic carboxylic acids is 1. The molecule has 0 aromatic heterocycles. The van der Waals surface area contributed by atoms with Gasteiger partial charge in [0.05, 0.1) is 12.5 Å². The lowest BCUT2D eigenvalue weighted by Crippen LogP contribution is -2.18. The van der Waals surface area contributed by atoms with Gasteiger partial charge in [-0.3, -0.25) is 4.79 Å². The van der Waals surface area contributed by atoms with Crippen molar-refractivity contribution in [2.24, 2.45) is 5.92 Å². The minimum Gasteiger partial charge on any atom is -0.489 e. The molecule has 2 aromatic carbocycles. The van der Waals surface area contributed by atoms with Crippen LogP contribution in [0.2, 0.25) is 0 Å². The van der Waals surface area contributed by atoms with Crippen LogP contribution in [0.5, 0.6) is 5.75 Å². The molecule has 0 saturated carbocycles. The van der Waals surface area contributed by atoms with E-state index < -0.39 is 11.9 Å². The molecule has 0 bridgehead atoms. The SMILES string of the molecule is COCC(CCCCCc1ccc(OCc2ccc(F)cc2)cc1)C(=O)O. The fourth-order valence-corrected chi connectivity index (χ4v) is 2.88. The molecule has 2 rings (SSSR count). The van der Waals surface area contributed by atoms with Gasteiger partial charge in [0, 0.05) is 7.11 Å². The van der Waals surface area contributed by atoms with Crippen LogP contribution in [0.1, 0.15) is 36.8 Å². The second-order valence-electron chi connectivity index (χ2n) is 6.65.